The van der Waals surface area contributed by atoms with Crippen LogP contribution >= 0.6 is 7.82 Å². The fourth-order valence-corrected chi connectivity index (χ4v) is 11.2. The Hall–Kier alpha value is -0.760. The fourth-order valence-electron chi connectivity index (χ4n) is 10.5. The first-order valence-electron chi connectivity index (χ1n) is 33.6. The number of rotatable bonds is 63. The van der Waals surface area contributed by atoms with Crippen molar-refractivity contribution in [3.63, 3.8) is 0 Å². The first kappa shape index (κ1) is 74.2. The largest absolute Gasteiger partial charge is 0.756 e. The molecule has 448 valence electrons. The van der Waals surface area contributed by atoms with Gasteiger partial charge in [0, 0.05) is 6.42 Å². The molecule has 0 saturated carbocycles. The van der Waals surface area contributed by atoms with Gasteiger partial charge in [-0.1, -0.05) is 341 Å². The molecule has 0 heterocycles. The predicted molar refractivity (Wildman–Crippen MR) is 326 cm³/mol. The molecule has 2 N–H and O–H groups in total. The summed E-state index contributed by atoms with van der Waals surface area (Å²) in [5, 5.41) is 13.9. The van der Waals surface area contributed by atoms with Gasteiger partial charge < -0.3 is 28.8 Å². The summed E-state index contributed by atoms with van der Waals surface area (Å²) < 4.78 is 23.4. The van der Waals surface area contributed by atoms with E-state index in [-0.39, 0.29) is 19.1 Å². The van der Waals surface area contributed by atoms with Gasteiger partial charge in [-0.05, 0) is 19.3 Å². The van der Waals surface area contributed by atoms with Crippen molar-refractivity contribution in [1.82, 2.24) is 5.32 Å². The highest BCUT2D eigenvalue weighted by molar-refractivity contribution is 7.45. The van der Waals surface area contributed by atoms with Crippen molar-refractivity contribution in [3.8, 4) is 0 Å². The molecule has 0 aromatic heterocycles. The van der Waals surface area contributed by atoms with E-state index in [0.717, 1.165) is 38.5 Å². The van der Waals surface area contributed by atoms with Gasteiger partial charge in [-0.25, -0.2) is 0 Å². The lowest BCUT2D eigenvalue weighted by atomic mass is 10.0. The minimum absolute atomic E-state index is 0.00291. The van der Waals surface area contributed by atoms with E-state index in [0.29, 0.717) is 17.4 Å². The van der Waals surface area contributed by atoms with Crippen LogP contribution in [0, 0.1) is 0 Å². The minimum Gasteiger partial charge on any atom is -0.756 e. The standard InChI is InChI=1S/C66H133N2O6P/c1-6-8-10-12-14-16-18-20-22-24-26-28-30-31-32-33-34-35-36-37-38-40-42-44-46-48-50-52-54-56-58-60-66(70)67-64(63-74-75(71,72)73-62-61-68(3,4)5)65(69)59-57-55-53-51-49-47-45-43-41-39-29-27-25-23-21-19-17-15-13-11-9-7-2/h57,59,64-65,69H,6-56,58,60-63H2,1-5H3,(H-,67,70,71,72)/b59-57+. The molecule has 0 fully saturated rings. The lowest BCUT2D eigenvalue weighted by molar-refractivity contribution is -0.870. The molecule has 3 atom stereocenters. The van der Waals surface area contributed by atoms with E-state index in [1.54, 1.807) is 6.08 Å². The topological polar surface area (TPSA) is 108 Å². The van der Waals surface area contributed by atoms with Crippen LogP contribution in [0.2, 0.25) is 0 Å². The van der Waals surface area contributed by atoms with Crippen LogP contribution in [0.4, 0.5) is 0 Å². The number of amides is 1. The predicted octanol–water partition coefficient (Wildman–Crippen LogP) is 20.3. The lowest BCUT2D eigenvalue weighted by Crippen LogP contribution is -2.45. The van der Waals surface area contributed by atoms with Crippen LogP contribution in [0.15, 0.2) is 12.2 Å². The van der Waals surface area contributed by atoms with Crippen LogP contribution in [0.5, 0.6) is 0 Å². The molecule has 9 heteroatoms. The second kappa shape index (κ2) is 57.9. The van der Waals surface area contributed by atoms with E-state index in [2.05, 4.69) is 19.2 Å². The van der Waals surface area contributed by atoms with Crippen molar-refractivity contribution in [3.05, 3.63) is 12.2 Å². The minimum atomic E-state index is -4.60. The smallest absolute Gasteiger partial charge is 0.268 e. The van der Waals surface area contributed by atoms with Gasteiger partial charge in [-0.15, -0.1) is 0 Å². The average molecular weight is 1080 g/mol. The van der Waals surface area contributed by atoms with Crippen molar-refractivity contribution in [2.45, 2.75) is 366 Å². The molecule has 0 saturated heterocycles. The summed E-state index contributed by atoms with van der Waals surface area (Å²) in [7, 11) is 1.28. The summed E-state index contributed by atoms with van der Waals surface area (Å²) >= 11 is 0. The maximum atomic E-state index is 13.0. The van der Waals surface area contributed by atoms with Crippen LogP contribution in [0.1, 0.15) is 354 Å². The molecular formula is C66H133N2O6P. The van der Waals surface area contributed by atoms with Crippen LogP contribution < -0.4 is 10.2 Å². The number of phosphoric ester groups is 1. The average Bonchev–Trinajstić information content (AvgIpc) is 3.37. The molecule has 0 rings (SSSR count). The molecule has 0 aliphatic rings. The Labute approximate surface area is 469 Å². The Bertz CT molecular complexity index is 1230. The highest BCUT2D eigenvalue weighted by Crippen LogP contribution is 2.38. The summed E-state index contributed by atoms with van der Waals surface area (Å²) in [6.07, 6.45) is 73.2. The number of aliphatic hydroxyl groups is 1. The number of carbonyl (C=O) groups excluding carboxylic acids is 1. The highest BCUT2D eigenvalue weighted by Gasteiger charge is 2.23. The normalized spacial score (nSPS) is 13.7. The van der Waals surface area contributed by atoms with E-state index >= 15 is 0 Å². The molecule has 8 nitrogen and oxygen atoms in total. The second-order valence-corrected chi connectivity index (χ2v) is 26.0. The quantitative estimate of drug-likeness (QED) is 0.0272. The third-order valence-corrected chi connectivity index (χ3v) is 16.7. The number of hydrogen-bond donors (Lipinski definition) is 2. The number of nitrogens with one attached hydrogen (secondary N) is 1. The van der Waals surface area contributed by atoms with Crippen molar-refractivity contribution in [2.75, 3.05) is 40.9 Å². The van der Waals surface area contributed by atoms with Crippen molar-refractivity contribution in [1.29, 1.82) is 0 Å². The molecule has 0 aliphatic carbocycles. The summed E-state index contributed by atoms with van der Waals surface area (Å²) in [4.78, 5) is 25.6. The molecule has 0 aromatic carbocycles. The number of aliphatic hydroxyl groups excluding tert-OH is 1. The van der Waals surface area contributed by atoms with Crippen molar-refractivity contribution >= 4 is 13.7 Å². The van der Waals surface area contributed by atoms with E-state index < -0.39 is 20.0 Å². The zero-order valence-corrected chi connectivity index (χ0v) is 52.2. The Morgan fingerprint density at radius 2 is 0.720 bits per heavy atom. The van der Waals surface area contributed by atoms with Gasteiger partial charge in [-0.2, -0.15) is 0 Å². The zero-order chi connectivity index (χ0) is 54.9. The summed E-state index contributed by atoms with van der Waals surface area (Å²) in [6.45, 7) is 4.72. The van der Waals surface area contributed by atoms with E-state index in [1.165, 1.54) is 295 Å². The monoisotopic (exact) mass is 1080 g/mol. The number of unbranched alkanes of at least 4 members (excludes halogenated alkanes) is 50. The van der Waals surface area contributed by atoms with Gasteiger partial charge in [0.2, 0.25) is 5.91 Å². The number of likely N-dealkylation sites (N-methyl/N-ethyl adjacent to an activating group) is 1. The Kier molecular flexibility index (Phi) is 57.3. The van der Waals surface area contributed by atoms with E-state index in [1.807, 2.05) is 27.2 Å². The van der Waals surface area contributed by atoms with Crippen molar-refractivity contribution in [2.24, 2.45) is 0 Å². The number of nitrogens with zero attached hydrogens (tertiary/aromatic N) is 1. The number of phosphoric acid groups is 1. The Morgan fingerprint density at radius 3 is 1.00 bits per heavy atom. The number of allylic oxidation sites excluding steroid dienone is 1. The third kappa shape index (κ3) is 60.7. The zero-order valence-electron chi connectivity index (χ0n) is 51.3. The van der Waals surface area contributed by atoms with Crippen LogP contribution in [-0.2, 0) is 18.4 Å². The first-order chi connectivity index (χ1) is 36.5. The number of hydrogen-bond acceptors (Lipinski definition) is 6. The van der Waals surface area contributed by atoms with Crippen LogP contribution in [-0.4, -0.2) is 68.5 Å². The van der Waals surface area contributed by atoms with E-state index in [4.69, 9.17) is 9.05 Å². The third-order valence-electron chi connectivity index (χ3n) is 15.7. The second-order valence-electron chi connectivity index (χ2n) is 24.5. The lowest BCUT2D eigenvalue weighted by Gasteiger charge is -2.29. The summed E-state index contributed by atoms with van der Waals surface area (Å²) in [5.74, 6) is -0.188. The van der Waals surface area contributed by atoms with Gasteiger partial charge in [0.05, 0.1) is 39.9 Å². The molecule has 0 spiro atoms. The molecule has 3 unspecified atom stereocenters. The van der Waals surface area contributed by atoms with Gasteiger partial charge in [0.25, 0.3) is 7.82 Å². The Balaban J connectivity index is 4.03. The fraction of sp³-hybridized carbons (Fsp3) is 0.955. The molecule has 1 amide bonds. The van der Waals surface area contributed by atoms with Gasteiger partial charge >= 0.3 is 0 Å². The maximum absolute atomic E-state index is 13.0. The molecule has 0 radical (unpaired) electrons. The van der Waals surface area contributed by atoms with Gasteiger partial charge in [0.15, 0.2) is 0 Å². The molecule has 0 aromatic rings. The number of carbonyl (C=O) groups is 1. The van der Waals surface area contributed by atoms with Gasteiger partial charge in [-0.3, -0.25) is 9.36 Å². The van der Waals surface area contributed by atoms with Crippen molar-refractivity contribution < 1.29 is 32.9 Å². The van der Waals surface area contributed by atoms with Crippen LogP contribution in [0.25, 0.3) is 0 Å². The highest BCUT2D eigenvalue weighted by atomic mass is 31.2. The first-order valence-corrected chi connectivity index (χ1v) is 35.0. The molecular weight excluding hydrogens is 948 g/mol. The molecule has 75 heavy (non-hydrogen) atoms. The Morgan fingerprint density at radius 1 is 0.453 bits per heavy atom. The van der Waals surface area contributed by atoms with E-state index in [9.17, 15) is 19.4 Å². The van der Waals surface area contributed by atoms with Gasteiger partial charge in [0.1, 0.15) is 13.2 Å². The molecule has 0 aliphatic heterocycles. The summed E-state index contributed by atoms with van der Waals surface area (Å²) in [6, 6.07) is -0.883. The molecule has 0 bridgehead atoms. The summed E-state index contributed by atoms with van der Waals surface area (Å²) in [5.41, 5.74) is 0. The van der Waals surface area contributed by atoms with Crippen LogP contribution in [0.3, 0.4) is 0 Å². The SMILES string of the molecule is CCCCCCCCCCCCCCCCCCCCCC/C=C/C(O)C(COP(=O)([O-])OCC[N+](C)(C)C)NC(=O)CCCCCCCCCCCCCCCCCCCCCCCCCCCCCCCCC. The maximum Gasteiger partial charge on any atom is 0.268 e. The number of quaternary nitrogens is 1.